The summed E-state index contributed by atoms with van der Waals surface area (Å²) in [7, 11) is -3.76. The van der Waals surface area contributed by atoms with Gasteiger partial charge in [-0.1, -0.05) is 19.1 Å². The molecule has 31 heavy (non-hydrogen) atoms. The lowest BCUT2D eigenvalue weighted by atomic mass is 10.2. The molecule has 2 N–H and O–H groups in total. The van der Waals surface area contributed by atoms with Gasteiger partial charge in [-0.05, 0) is 73.3 Å². The highest BCUT2D eigenvalue weighted by Crippen LogP contribution is 2.24. The number of hydrogen-bond acceptors (Lipinski definition) is 5. The SMILES string of the molecule is CCOc1ccc(NS(=O)(=O)c2ccc(NC(=O)c3ccccc3SCC)cc2)cc1. The number of amides is 1. The van der Waals surface area contributed by atoms with Gasteiger partial charge in [0.25, 0.3) is 15.9 Å². The van der Waals surface area contributed by atoms with Crippen LogP contribution in [-0.2, 0) is 10.0 Å². The fourth-order valence-electron chi connectivity index (χ4n) is 2.85. The first-order chi connectivity index (χ1) is 14.9. The fourth-order valence-corrected chi connectivity index (χ4v) is 4.71. The Hall–Kier alpha value is -2.97. The summed E-state index contributed by atoms with van der Waals surface area (Å²) in [5.74, 6) is 1.29. The quantitative estimate of drug-likeness (QED) is 0.430. The number of nitrogens with one attached hydrogen (secondary N) is 2. The van der Waals surface area contributed by atoms with Crippen LogP contribution in [0.25, 0.3) is 0 Å². The van der Waals surface area contributed by atoms with E-state index in [-0.39, 0.29) is 10.8 Å². The highest BCUT2D eigenvalue weighted by atomic mass is 32.2. The van der Waals surface area contributed by atoms with Crippen LogP contribution in [0.4, 0.5) is 11.4 Å². The van der Waals surface area contributed by atoms with Crippen molar-refractivity contribution in [2.45, 2.75) is 23.6 Å². The smallest absolute Gasteiger partial charge is 0.261 e. The summed E-state index contributed by atoms with van der Waals surface area (Å²) in [6.45, 7) is 4.45. The Morgan fingerprint density at radius 2 is 1.55 bits per heavy atom. The Bertz CT molecular complexity index is 1130. The van der Waals surface area contributed by atoms with E-state index in [1.807, 2.05) is 32.0 Å². The van der Waals surface area contributed by atoms with Crippen LogP contribution in [0.3, 0.4) is 0 Å². The van der Waals surface area contributed by atoms with Gasteiger partial charge >= 0.3 is 0 Å². The first-order valence-corrected chi connectivity index (χ1v) is 12.3. The van der Waals surface area contributed by atoms with Gasteiger partial charge in [-0.25, -0.2) is 8.42 Å². The van der Waals surface area contributed by atoms with E-state index in [1.165, 1.54) is 12.1 Å². The molecule has 162 valence electrons. The number of sulfonamides is 1. The van der Waals surface area contributed by atoms with Crippen molar-refractivity contribution in [3.63, 3.8) is 0 Å². The highest BCUT2D eigenvalue weighted by molar-refractivity contribution is 7.99. The van der Waals surface area contributed by atoms with Crippen LogP contribution in [0.1, 0.15) is 24.2 Å². The summed E-state index contributed by atoms with van der Waals surface area (Å²) >= 11 is 1.59. The first kappa shape index (κ1) is 22.7. The fraction of sp³-hybridized carbons (Fsp3) is 0.174. The van der Waals surface area contributed by atoms with Crippen molar-refractivity contribution < 1.29 is 17.9 Å². The van der Waals surface area contributed by atoms with Crippen molar-refractivity contribution in [2.24, 2.45) is 0 Å². The molecule has 0 heterocycles. The molecule has 0 fully saturated rings. The maximum Gasteiger partial charge on any atom is 0.261 e. The van der Waals surface area contributed by atoms with Gasteiger partial charge in [0.2, 0.25) is 0 Å². The largest absolute Gasteiger partial charge is 0.494 e. The van der Waals surface area contributed by atoms with Crippen molar-refractivity contribution in [1.82, 2.24) is 0 Å². The minimum atomic E-state index is -3.76. The predicted octanol–water partition coefficient (Wildman–Crippen LogP) is 5.25. The van der Waals surface area contributed by atoms with Crippen molar-refractivity contribution in [1.29, 1.82) is 0 Å². The summed E-state index contributed by atoms with van der Waals surface area (Å²) in [6.07, 6.45) is 0. The molecule has 3 aromatic carbocycles. The molecule has 0 aromatic heterocycles. The third-order valence-electron chi connectivity index (χ3n) is 4.27. The van der Waals surface area contributed by atoms with Crippen LogP contribution in [0.5, 0.6) is 5.75 Å². The Kier molecular flexibility index (Phi) is 7.59. The molecule has 0 aliphatic rings. The monoisotopic (exact) mass is 456 g/mol. The molecule has 3 aromatic rings. The lowest BCUT2D eigenvalue weighted by Crippen LogP contribution is -2.14. The summed E-state index contributed by atoms with van der Waals surface area (Å²) in [5.41, 5.74) is 1.54. The summed E-state index contributed by atoms with van der Waals surface area (Å²) in [4.78, 5) is 13.6. The Labute approximate surface area is 187 Å². The molecule has 6 nitrogen and oxygen atoms in total. The third-order valence-corrected chi connectivity index (χ3v) is 6.62. The van der Waals surface area contributed by atoms with Gasteiger partial charge in [0.15, 0.2) is 0 Å². The molecular weight excluding hydrogens is 432 g/mol. The highest BCUT2D eigenvalue weighted by Gasteiger charge is 2.15. The summed E-state index contributed by atoms with van der Waals surface area (Å²) in [5, 5.41) is 2.82. The normalized spacial score (nSPS) is 11.0. The van der Waals surface area contributed by atoms with E-state index in [4.69, 9.17) is 4.74 Å². The lowest BCUT2D eigenvalue weighted by Gasteiger charge is -2.11. The van der Waals surface area contributed by atoms with E-state index < -0.39 is 10.0 Å². The number of carbonyl (C=O) groups is 1. The van der Waals surface area contributed by atoms with E-state index in [9.17, 15) is 13.2 Å². The number of hydrogen-bond donors (Lipinski definition) is 2. The summed E-state index contributed by atoms with van der Waals surface area (Å²) in [6, 6.07) is 20.1. The maximum absolute atomic E-state index is 12.7. The Balaban J connectivity index is 1.69. The molecule has 0 saturated carbocycles. The lowest BCUT2D eigenvalue weighted by molar-refractivity contribution is 0.102. The maximum atomic E-state index is 12.7. The van der Waals surface area contributed by atoms with E-state index in [1.54, 1.807) is 54.2 Å². The second-order valence-corrected chi connectivity index (χ2v) is 9.46. The van der Waals surface area contributed by atoms with E-state index >= 15 is 0 Å². The zero-order valence-corrected chi connectivity index (χ0v) is 18.9. The average molecular weight is 457 g/mol. The number of anilines is 2. The molecule has 1 amide bonds. The molecule has 0 aliphatic heterocycles. The standard InChI is InChI=1S/C23H24N2O4S2/c1-3-29-19-13-9-18(10-14-19)25-31(27,28)20-15-11-17(12-16-20)24-23(26)21-7-5-6-8-22(21)30-4-2/h5-16,25H,3-4H2,1-2H3,(H,24,26). The molecule has 0 unspecified atom stereocenters. The Morgan fingerprint density at radius 1 is 0.903 bits per heavy atom. The molecule has 0 radical (unpaired) electrons. The number of thioether (sulfide) groups is 1. The first-order valence-electron chi connectivity index (χ1n) is 9.82. The number of ether oxygens (including phenoxy) is 1. The van der Waals surface area contributed by atoms with Gasteiger partial charge < -0.3 is 10.1 Å². The topological polar surface area (TPSA) is 84.5 Å². The van der Waals surface area contributed by atoms with E-state index in [0.717, 1.165) is 10.6 Å². The van der Waals surface area contributed by atoms with Crippen molar-refractivity contribution in [3.8, 4) is 5.75 Å². The van der Waals surface area contributed by atoms with E-state index in [0.29, 0.717) is 29.3 Å². The Morgan fingerprint density at radius 3 is 2.19 bits per heavy atom. The molecule has 0 saturated heterocycles. The number of carbonyl (C=O) groups excluding carboxylic acids is 1. The molecule has 0 aliphatic carbocycles. The van der Waals surface area contributed by atoms with Crippen LogP contribution in [0, 0.1) is 0 Å². The van der Waals surface area contributed by atoms with Crippen LogP contribution in [0.15, 0.2) is 82.6 Å². The van der Waals surface area contributed by atoms with Crippen LogP contribution in [0.2, 0.25) is 0 Å². The van der Waals surface area contributed by atoms with E-state index in [2.05, 4.69) is 10.0 Å². The minimum absolute atomic E-state index is 0.0984. The van der Waals surface area contributed by atoms with Crippen LogP contribution < -0.4 is 14.8 Å². The molecule has 8 heteroatoms. The van der Waals surface area contributed by atoms with Crippen molar-refractivity contribution in [3.05, 3.63) is 78.4 Å². The molecule has 3 rings (SSSR count). The molecular formula is C23H24N2O4S2. The van der Waals surface area contributed by atoms with Crippen molar-refractivity contribution in [2.75, 3.05) is 22.4 Å². The average Bonchev–Trinajstić information content (AvgIpc) is 2.76. The second-order valence-electron chi connectivity index (χ2n) is 6.47. The predicted molar refractivity (Wildman–Crippen MR) is 126 cm³/mol. The summed E-state index contributed by atoms with van der Waals surface area (Å²) < 4.78 is 33.2. The zero-order valence-electron chi connectivity index (χ0n) is 17.3. The van der Waals surface area contributed by atoms with Gasteiger partial charge in [0.1, 0.15) is 5.75 Å². The van der Waals surface area contributed by atoms with Gasteiger partial charge in [-0.15, -0.1) is 11.8 Å². The number of rotatable bonds is 9. The molecule has 0 spiro atoms. The number of benzene rings is 3. The minimum Gasteiger partial charge on any atom is -0.494 e. The molecule has 0 atom stereocenters. The van der Waals surface area contributed by atoms with Crippen LogP contribution >= 0.6 is 11.8 Å². The third kappa shape index (κ3) is 6.02. The van der Waals surface area contributed by atoms with Gasteiger partial charge in [0, 0.05) is 16.3 Å². The second kappa shape index (κ2) is 10.4. The van der Waals surface area contributed by atoms with Crippen LogP contribution in [-0.4, -0.2) is 26.7 Å². The molecule has 0 bridgehead atoms. The zero-order chi connectivity index (χ0) is 22.3. The van der Waals surface area contributed by atoms with Gasteiger partial charge in [-0.2, -0.15) is 0 Å². The van der Waals surface area contributed by atoms with Gasteiger partial charge in [0.05, 0.1) is 17.1 Å². The van der Waals surface area contributed by atoms with Crippen molar-refractivity contribution >= 4 is 39.1 Å². The van der Waals surface area contributed by atoms with Gasteiger partial charge in [-0.3, -0.25) is 9.52 Å².